The quantitative estimate of drug-likeness (QED) is 0.548. The zero-order valence-corrected chi connectivity index (χ0v) is 10.5. The Kier molecular flexibility index (Phi) is 8.01. The number of nitrogens with one attached hydrogen (secondary N) is 1. The Morgan fingerprint density at radius 2 is 2.00 bits per heavy atom. The van der Waals surface area contributed by atoms with Gasteiger partial charge in [-0.1, -0.05) is 30.3 Å². The largest absolute Gasteiger partial charge is 0.377 e. The summed E-state index contributed by atoms with van der Waals surface area (Å²) in [7, 11) is 0. The first-order valence-electron chi connectivity index (χ1n) is 6.15. The highest BCUT2D eigenvalue weighted by Gasteiger charge is 1.92. The van der Waals surface area contributed by atoms with E-state index in [-0.39, 0.29) is 0 Å². The van der Waals surface area contributed by atoms with Gasteiger partial charge < -0.3 is 10.1 Å². The van der Waals surface area contributed by atoms with Gasteiger partial charge in [0.15, 0.2) is 0 Å². The van der Waals surface area contributed by atoms with Crippen LogP contribution in [0.4, 0.5) is 0 Å². The van der Waals surface area contributed by atoms with Crippen molar-refractivity contribution in [1.82, 2.24) is 5.32 Å². The van der Waals surface area contributed by atoms with E-state index in [0.29, 0.717) is 6.61 Å². The third-order valence-electron chi connectivity index (χ3n) is 2.36. The lowest BCUT2D eigenvalue weighted by Crippen LogP contribution is -2.17. The van der Waals surface area contributed by atoms with Crippen LogP contribution in [0.5, 0.6) is 0 Å². The summed E-state index contributed by atoms with van der Waals surface area (Å²) in [5.41, 5.74) is 1.23. The van der Waals surface area contributed by atoms with E-state index in [1.807, 2.05) is 25.1 Å². The molecule has 0 amide bonds. The Bertz CT molecular complexity index is 337. The summed E-state index contributed by atoms with van der Waals surface area (Å²) in [6.07, 6.45) is 1.98. The first-order valence-corrected chi connectivity index (χ1v) is 6.15. The van der Waals surface area contributed by atoms with Crippen molar-refractivity contribution in [2.75, 3.05) is 19.7 Å². The SMILES string of the molecule is CC#CCCNCCCOCc1ccccc1. The molecule has 0 fully saturated rings. The molecule has 0 aliphatic heterocycles. The van der Waals surface area contributed by atoms with Crippen molar-refractivity contribution < 1.29 is 4.74 Å². The topological polar surface area (TPSA) is 21.3 Å². The van der Waals surface area contributed by atoms with Gasteiger partial charge >= 0.3 is 0 Å². The number of hydrogen-bond donors (Lipinski definition) is 1. The molecule has 0 saturated heterocycles. The Morgan fingerprint density at radius 1 is 1.18 bits per heavy atom. The normalized spacial score (nSPS) is 9.71. The first-order chi connectivity index (χ1) is 8.43. The smallest absolute Gasteiger partial charge is 0.0716 e. The highest BCUT2D eigenvalue weighted by molar-refractivity contribution is 5.13. The number of benzene rings is 1. The Labute approximate surface area is 104 Å². The molecule has 1 aromatic rings. The molecule has 92 valence electrons. The van der Waals surface area contributed by atoms with Crippen molar-refractivity contribution in [3.8, 4) is 11.8 Å². The summed E-state index contributed by atoms with van der Waals surface area (Å²) in [4.78, 5) is 0. The van der Waals surface area contributed by atoms with Crippen molar-refractivity contribution in [2.45, 2.75) is 26.4 Å². The molecule has 0 spiro atoms. The predicted octanol–water partition coefficient (Wildman–Crippen LogP) is 2.60. The van der Waals surface area contributed by atoms with E-state index >= 15 is 0 Å². The summed E-state index contributed by atoms with van der Waals surface area (Å²) in [5, 5.41) is 3.34. The van der Waals surface area contributed by atoms with E-state index in [4.69, 9.17) is 4.74 Å². The molecule has 0 heterocycles. The van der Waals surface area contributed by atoms with Crippen LogP contribution in [0.25, 0.3) is 0 Å². The highest BCUT2D eigenvalue weighted by Crippen LogP contribution is 2.00. The maximum atomic E-state index is 5.58. The van der Waals surface area contributed by atoms with Gasteiger partial charge in [0, 0.05) is 19.6 Å². The minimum absolute atomic E-state index is 0.710. The van der Waals surface area contributed by atoms with Gasteiger partial charge in [-0.2, -0.15) is 0 Å². The fourth-order valence-electron chi connectivity index (χ4n) is 1.46. The van der Waals surface area contributed by atoms with E-state index in [1.54, 1.807) is 0 Å². The van der Waals surface area contributed by atoms with Crippen LogP contribution in [0, 0.1) is 11.8 Å². The zero-order chi connectivity index (χ0) is 12.2. The summed E-state index contributed by atoms with van der Waals surface area (Å²) < 4.78 is 5.58. The zero-order valence-electron chi connectivity index (χ0n) is 10.5. The molecule has 0 saturated carbocycles. The Hall–Kier alpha value is -1.30. The average Bonchev–Trinajstić information content (AvgIpc) is 2.38. The second-order valence-electron chi connectivity index (χ2n) is 3.82. The number of rotatable bonds is 8. The molecule has 0 bridgehead atoms. The molecule has 17 heavy (non-hydrogen) atoms. The van der Waals surface area contributed by atoms with Crippen LogP contribution in [0.2, 0.25) is 0 Å². The number of ether oxygens (including phenoxy) is 1. The van der Waals surface area contributed by atoms with Crippen molar-refractivity contribution in [3.05, 3.63) is 35.9 Å². The van der Waals surface area contributed by atoms with E-state index in [1.165, 1.54) is 5.56 Å². The van der Waals surface area contributed by atoms with Crippen molar-refractivity contribution in [3.63, 3.8) is 0 Å². The first kappa shape index (κ1) is 13.8. The molecular formula is C15H21NO. The van der Waals surface area contributed by atoms with Gasteiger partial charge in [0.2, 0.25) is 0 Å². The van der Waals surface area contributed by atoms with Gasteiger partial charge in [-0.15, -0.1) is 11.8 Å². The van der Waals surface area contributed by atoms with Crippen LogP contribution >= 0.6 is 0 Å². The van der Waals surface area contributed by atoms with Crippen molar-refractivity contribution in [2.24, 2.45) is 0 Å². The summed E-state index contributed by atoms with van der Waals surface area (Å²) in [5.74, 6) is 5.91. The third-order valence-corrected chi connectivity index (χ3v) is 2.36. The standard InChI is InChI=1S/C15H21NO/c1-2-3-7-11-16-12-8-13-17-14-15-9-5-4-6-10-15/h4-6,9-10,16H,7-8,11-14H2,1H3. The highest BCUT2D eigenvalue weighted by atomic mass is 16.5. The second-order valence-corrected chi connectivity index (χ2v) is 3.82. The molecule has 1 N–H and O–H groups in total. The average molecular weight is 231 g/mol. The molecule has 2 nitrogen and oxygen atoms in total. The minimum Gasteiger partial charge on any atom is -0.377 e. The number of hydrogen-bond acceptors (Lipinski definition) is 2. The van der Waals surface area contributed by atoms with Gasteiger partial charge in [0.1, 0.15) is 0 Å². The van der Waals surface area contributed by atoms with E-state index in [2.05, 4.69) is 29.3 Å². The van der Waals surface area contributed by atoms with Crippen LogP contribution in [0.15, 0.2) is 30.3 Å². The fraction of sp³-hybridized carbons (Fsp3) is 0.467. The second kappa shape index (κ2) is 9.89. The Morgan fingerprint density at radius 3 is 2.76 bits per heavy atom. The molecule has 0 unspecified atom stereocenters. The van der Waals surface area contributed by atoms with Crippen molar-refractivity contribution in [1.29, 1.82) is 0 Å². The predicted molar refractivity (Wildman–Crippen MR) is 71.7 cm³/mol. The minimum atomic E-state index is 0.710. The third kappa shape index (κ3) is 7.57. The molecule has 1 aromatic carbocycles. The van der Waals surface area contributed by atoms with Crippen LogP contribution < -0.4 is 5.32 Å². The molecule has 1 rings (SSSR count). The monoisotopic (exact) mass is 231 g/mol. The van der Waals surface area contributed by atoms with E-state index in [9.17, 15) is 0 Å². The van der Waals surface area contributed by atoms with E-state index < -0.39 is 0 Å². The lowest BCUT2D eigenvalue weighted by Gasteiger charge is -2.05. The molecule has 2 heteroatoms. The van der Waals surface area contributed by atoms with Gasteiger partial charge in [0.25, 0.3) is 0 Å². The van der Waals surface area contributed by atoms with E-state index in [0.717, 1.165) is 32.5 Å². The van der Waals surface area contributed by atoms with Crippen LogP contribution in [0.3, 0.4) is 0 Å². The van der Waals surface area contributed by atoms with Gasteiger partial charge in [0.05, 0.1) is 6.61 Å². The molecule has 0 aliphatic carbocycles. The molecule has 0 radical (unpaired) electrons. The van der Waals surface area contributed by atoms with Gasteiger partial charge in [-0.05, 0) is 25.5 Å². The summed E-state index contributed by atoms with van der Waals surface area (Å²) in [6, 6.07) is 10.3. The van der Waals surface area contributed by atoms with Crippen LogP contribution in [0.1, 0.15) is 25.3 Å². The fourth-order valence-corrected chi connectivity index (χ4v) is 1.46. The van der Waals surface area contributed by atoms with Gasteiger partial charge in [-0.3, -0.25) is 0 Å². The lowest BCUT2D eigenvalue weighted by atomic mass is 10.2. The maximum absolute atomic E-state index is 5.58. The van der Waals surface area contributed by atoms with Crippen LogP contribution in [-0.2, 0) is 11.3 Å². The molecule has 0 atom stereocenters. The van der Waals surface area contributed by atoms with Crippen LogP contribution in [-0.4, -0.2) is 19.7 Å². The van der Waals surface area contributed by atoms with Crippen molar-refractivity contribution >= 4 is 0 Å². The Balaban J connectivity index is 1.89. The summed E-state index contributed by atoms with van der Waals surface area (Å²) >= 11 is 0. The molecule has 0 aromatic heterocycles. The lowest BCUT2D eigenvalue weighted by molar-refractivity contribution is 0.118. The molecule has 0 aliphatic rings. The molecular weight excluding hydrogens is 210 g/mol. The summed E-state index contributed by atoms with van der Waals surface area (Å²) in [6.45, 7) is 5.36. The van der Waals surface area contributed by atoms with Gasteiger partial charge in [-0.25, -0.2) is 0 Å². The maximum Gasteiger partial charge on any atom is 0.0716 e.